The second kappa shape index (κ2) is 3.75. The molecule has 4 rings (SSSR count). The molecular weight excluding hydrogens is 238 g/mol. The second-order valence-electron chi connectivity index (χ2n) is 4.68. The zero-order valence-electron chi connectivity index (χ0n) is 10.2. The van der Waals surface area contributed by atoms with Crippen molar-refractivity contribution in [2.24, 2.45) is 0 Å². The minimum absolute atomic E-state index is 0.204. The van der Waals surface area contributed by atoms with E-state index in [-0.39, 0.29) is 5.78 Å². The molecule has 1 aliphatic heterocycles. The van der Waals surface area contributed by atoms with Crippen molar-refractivity contribution in [2.45, 2.75) is 13.0 Å². The predicted molar refractivity (Wildman–Crippen MR) is 71.9 cm³/mol. The maximum atomic E-state index is 12.0. The molecule has 1 aliphatic rings. The summed E-state index contributed by atoms with van der Waals surface area (Å²) in [6.07, 6.45) is 4.09. The summed E-state index contributed by atoms with van der Waals surface area (Å²) < 4.78 is 2.13. The van der Waals surface area contributed by atoms with E-state index in [1.165, 1.54) is 0 Å². The van der Waals surface area contributed by atoms with E-state index in [1.807, 2.05) is 30.3 Å². The number of rotatable bonds is 1. The molecule has 0 radical (unpaired) electrons. The summed E-state index contributed by atoms with van der Waals surface area (Å²) >= 11 is 0. The number of benzene rings is 1. The van der Waals surface area contributed by atoms with Crippen molar-refractivity contribution in [3.8, 4) is 11.4 Å². The highest BCUT2D eigenvalue weighted by Crippen LogP contribution is 2.30. The summed E-state index contributed by atoms with van der Waals surface area (Å²) in [5.41, 5.74) is 3.60. The van der Waals surface area contributed by atoms with Crippen LogP contribution in [0.3, 0.4) is 0 Å². The van der Waals surface area contributed by atoms with E-state index in [0.29, 0.717) is 13.0 Å². The molecule has 3 heterocycles. The Morgan fingerprint density at radius 2 is 2.11 bits per heavy atom. The number of nitrogens with zero attached hydrogens (tertiary/aromatic N) is 3. The normalized spacial score (nSPS) is 14.0. The zero-order valence-corrected chi connectivity index (χ0v) is 10.2. The first kappa shape index (κ1) is 10.4. The van der Waals surface area contributed by atoms with Gasteiger partial charge in [-0.3, -0.25) is 9.78 Å². The molecule has 0 saturated heterocycles. The largest absolute Gasteiger partial charge is 0.323 e. The molecule has 1 aromatic carbocycles. The van der Waals surface area contributed by atoms with Crippen LogP contribution in [-0.2, 0) is 6.54 Å². The highest BCUT2D eigenvalue weighted by atomic mass is 16.1. The van der Waals surface area contributed by atoms with Gasteiger partial charge in [-0.1, -0.05) is 6.07 Å². The number of aryl methyl sites for hydroxylation is 1. The van der Waals surface area contributed by atoms with Gasteiger partial charge in [0.15, 0.2) is 5.78 Å². The van der Waals surface area contributed by atoms with E-state index >= 15 is 0 Å². The Kier molecular flexibility index (Phi) is 2.06. The summed E-state index contributed by atoms with van der Waals surface area (Å²) in [4.78, 5) is 20.8. The first-order valence-corrected chi connectivity index (χ1v) is 6.27. The van der Waals surface area contributed by atoms with Crippen molar-refractivity contribution in [3.05, 3.63) is 48.3 Å². The van der Waals surface area contributed by atoms with Crippen molar-refractivity contribution < 1.29 is 4.79 Å². The van der Waals surface area contributed by atoms with E-state index in [1.54, 1.807) is 12.4 Å². The number of hydrogen-bond acceptors (Lipinski definition) is 3. The SMILES string of the molecule is O=C1CCn2c(-c3cccnc3)nc3cccc1c32. The van der Waals surface area contributed by atoms with Gasteiger partial charge in [-0.05, 0) is 24.3 Å². The summed E-state index contributed by atoms with van der Waals surface area (Å²) in [7, 11) is 0. The van der Waals surface area contributed by atoms with Crippen molar-refractivity contribution in [2.75, 3.05) is 0 Å². The lowest BCUT2D eigenvalue weighted by molar-refractivity contribution is 0.0973. The second-order valence-corrected chi connectivity index (χ2v) is 4.68. The third-order valence-electron chi connectivity index (χ3n) is 3.55. The van der Waals surface area contributed by atoms with Gasteiger partial charge in [-0.2, -0.15) is 0 Å². The predicted octanol–water partition coefficient (Wildman–Crippen LogP) is 2.68. The Morgan fingerprint density at radius 3 is 2.95 bits per heavy atom. The summed E-state index contributed by atoms with van der Waals surface area (Å²) in [6, 6.07) is 9.62. The number of carbonyl (C=O) groups is 1. The van der Waals surface area contributed by atoms with Crippen molar-refractivity contribution in [3.63, 3.8) is 0 Å². The standard InChI is InChI=1S/C15H11N3O/c19-13-6-8-18-14-11(13)4-1-5-12(14)17-15(18)10-3-2-7-16-9-10/h1-5,7,9H,6,8H2. The highest BCUT2D eigenvalue weighted by molar-refractivity contribution is 6.08. The molecule has 0 aliphatic carbocycles. The fourth-order valence-corrected chi connectivity index (χ4v) is 2.69. The van der Waals surface area contributed by atoms with Crippen LogP contribution in [0.25, 0.3) is 22.4 Å². The topological polar surface area (TPSA) is 47.8 Å². The van der Waals surface area contributed by atoms with Crippen LogP contribution >= 0.6 is 0 Å². The lowest BCUT2D eigenvalue weighted by Crippen LogP contribution is -2.14. The molecule has 0 atom stereocenters. The molecular formula is C15H11N3O. The summed E-state index contributed by atoms with van der Waals surface area (Å²) in [6.45, 7) is 0.691. The molecule has 3 aromatic rings. The number of Topliss-reactive ketones (excluding diaryl/α,β-unsaturated/α-hetero) is 1. The molecule has 4 nitrogen and oxygen atoms in total. The van der Waals surface area contributed by atoms with Crippen LogP contribution in [0.2, 0.25) is 0 Å². The number of hydrogen-bond donors (Lipinski definition) is 0. The Hall–Kier alpha value is -2.49. The quantitative estimate of drug-likeness (QED) is 0.666. The Labute approximate surface area is 109 Å². The van der Waals surface area contributed by atoms with Gasteiger partial charge in [0.1, 0.15) is 5.82 Å². The average molecular weight is 249 g/mol. The fraction of sp³-hybridized carbons (Fsp3) is 0.133. The number of para-hydroxylation sites is 1. The van der Waals surface area contributed by atoms with Gasteiger partial charge in [0.2, 0.25) is 0 Å². The molecule has 0 spiro atoms. The van der Waals surface area contributed by atoms with Crippen LogP contribution in [-0.4, -0.2) is 20.3 Å². The molecule has 0 bridgehead atoms. The molecule has 92 valence electrons. The molecule has 0 N–H and O–H groups in total. The number of imidazole rings is 1. The molecule has 4 heteroatoms. The van der Waals surface area contributed by atoms with Crippen LogP contribution in [0.15, 0.2) is 42.7 Å². The number of ketones is 1. The van der Waals surface area contributed by atoms with Crippen LogP contribution < -0.4 is 0 Å². The number of aromatic nitrogens is 3. The van der Waals surface area contributed by atoms with Crippen LogP contribution in [0.5, 0.6) is 0 Å². The first-order chi connectivity index (χ1) is 9.34. The van der Waals surface area contributed by atoms with Gasteiger partial charge < -0.3 is 4.57 Å². The van der Waals surface area contributed by atoms with E-state index in [9.17, 15) is 4.79 Å². The van der Waals surface area contributed by atoms with E-state index in [4.69, 9.17) is 0 Å². The summed E-state index contributed by atoms with van der Waals surface area (Å²) in [5, 5.41) is 0. The molecule has 0 amide bonds. The minimum Gasteiger partial charge on any atom is -0.323 e. The molecule has 0 unspecified atom stereocenters. The highest BCUT2D eigenvalue weighted by Gasteiger charge is 2.23. The Bertz CT molecular complexity index is 790. The van der Waals surface area contributed by atoms with Gasteiger partial charge in [-0.25, -0.2) is 4.98 Å². The van der Waals surface area contributed by atoms with Crippen molar-refractivity contribution in [1.82, 2.24) is 14.5 Å². The average Bonchev–Trinajstić information content (AvgIpc) is 2.84. The fourth-order valence-electron chi connectivity index (χ4n) is 2.69. The maximum Gasteiger partial charge on any atom is 0.166 e. The van der Waals surface area contributed by atoms with Gasteiger partial charge in [0.05, 0.1) is 11.0 Å². The molecule has 0 saturated carbocycles. The molecule has 19 heavy (non-hydrogen) atoms. The Balaban J connectivity index is 2.08. The maximum absolute atomic E-state index is 12.0. The van der Waals surface area contributed by atoms with E-state index < -0.39 is 0 Å². The Morgan fingerprint density at radius 1 is 1.16 bits per heavy atom. The van der Waals surface area contributed by atoms with Crippen LogP contribution in [0.1, 0.15) is 16.8 Å². The van der Waals surface area contributed by atoms with Gasteiger partial charge in [0.25, 0.3) is 0 Å². The van der Waals surface area contributed by atoms with Gasteiger partial charge in [0, 0.05) is 36.5 Å². The minimum atomic E-state index is 0.204. The van der Waals surface area contributed by atoms with Crippen LogP contribution in [0.4, 0.5) is 0 Å². The third kappa shape index (κ3) is 1.43. The smallest absolute Gasteiger partial charge is 0.166 e. The van der Waals surface area contributed by atoms with Gasteiger partial charge >= 0.3 is 0 Å². The van der Waals surface area contributed by atoms with E-state index in [2.05, 4.69) is 14.5 Å². The summed E-state index contributed by atoms with van der Waals surface area (Å²) in [5.74, 6) is 1.10. The number of pyridine rings is 1. The van der Waals surface area contributed by atoms with Gasteiger partial charge in [-0.15, -0.1) is 0 Å². The first-order valence-electron chi connectivity index (χ1n) is 6.27. The van der Waals surface area contributed by atoms with Crippen molar-refractivity contribution >= 4 is 16.8 Å². The lowest BCUT2D eigenvalue weighted by Gasteiger charge is -2.15. The number of carbonyl (C=O) groups excluding carboxylic acids is 1. The zero-order chi connectivity index (χ0) is 12.8. The van der Waals surface area contributed by atoms with Crippen molar-refractivity contribution in [1.29, 1.82) is 0 Å². The monoisotopic (exact) mass is 249 g/mol. The molecule has 2 aromatic heterocycles. The third-order valence-corrected chi connectivity index (χ3v) is 3.55. The molecule has 0 fully saturated rings. The lowest BCUT2D eigenvalue weighted by atomic mass is 10.0. The van der Waals surface area contributed by atoms with Crippen LogP contribution in [0, 0.1) is 0 Å². The van der Waals surface area contributed by atoms with E-state index in [0.717, 1.165) is 28.0 Å².